The van der Waals surface area contributed by atoms with Gasteiger partial charge in [0.15, 0.2) is 0 Å². The van der Waals surface area contributed by atoms with Crippen LogP contribution in [-0.2, 0) is 4.74 Å². The Hall–Kier alpha value is -0.0800. The molecular formula is C16H32O2. The lowest BCUT2D eigenvalue weighted by molar-refractivity contribution is 0.0368. The summed E-state index contributed by atoms with van der Waals surface area (Å²) in [5.74, 6) is 0.851. The predicted octanol–water partition coefficient (Wildman–Crippen LogP) is 4.30. The third-order valence-electron chi connectivity index (χ3n) is 4.22. The van der Waals surface area contributed by atoms with E-state index in [1.165, 1.54) is 64.2 Å². The van der Waals surface area contributed by atoms with Crippen LogP contribution < -0.4 is 0 Å². The Morgan fingerprint density at radius 3 is 1.94 bits per heavy atom. The molecule has 0 unspecified atom stereocenters. The Bertz CT molecular complexity index is 144. The molecule has 108 valence electrons. The molecule has 0 heterocycles. The zero-order chi connectivity index (χ0) is 13.1. The van der Waals surface area contributed by atoms with Crippen LogP contribution in [-0.4, -0.2) is 24.4 Å². The second-order valence-corrected chi connectivity index (χ2v) is 5.73. The average Bonchev–Trinajstić information content (AvgIpc) is 2.43. The van der Waals surface area contributed by atoms with Crippen LogP contribution in [0.5, 0.6) is 0 Å². The second-order valence-electron chi connectivity index (χ2n) is 5.73. The molecule has 2 aliphatic rings. The maximum Gasteiger partial charge on any atom is 0.0575 e. The summed E-state index contributed by atoms with van der Waals surface area (Å²) in [5.41, 5.74) is 0. The molecule has 0 aromatic carbocycles. The van der Waals surface area contributed by atoms with Crippen molar-refractivity contribution in [1.82, 2.24) is 0 Å². The first-order chi connectivity index (χ1) is 8.86. The van der Waals surface area contributed by atoms with Crippen LogP contribution in [0.15, 0.2) is 0 Å². The number of aliphatic hydroxyl groups excluding tert-OH is 1. The van der Waals surface area contributed by atoms with Crippen LogP contribution in [0.4, 0.5) is 0 Å². The van der Waals surface area contributed by atoms with E-state index in [4.69, 9.17) is 9.84 Å². The lowest BCUT2D eigenvalue weighted by atomic mass is 9.87. The summed E-state index contributed by atoms with van der Waals surface area (Å²) in [6.07, 6.45) is 15.3. The molecule has 18 heavy (non-hydrogen) atoms. The standard InChI is InChI=1S/2C8H16O/c1-2-9-8-6-4-3-5-7-8;9-7-6-8-4-2-1-3-5-8/h8H,2-7H2,1H3;8-9H,1-7H2. The van der Waals surface area contributed by atoms with Crippen LogP contribution in [0.2, 0.25) is 0 Å². The van der Waals surface area contributed by atoms with Crippen LogP contribution in [0.1, 0.15) is 77.6 Å². The van der Waals surface area contributed by atoms with Crippen LogP contribution in [0, 0.1) is 5.92 Å². The summed E-state index contributed by atoms with van der Waals surface area (Å²) in [4.78, 5) is 0. The van der Waals surface area contributed by atoms with Gasteiger partial charge in [0, 0.05) is 13.2 Å². The first kappa shape index (κ1) is 16.0. The quantitative estimate of drug-likeness (QED) is 0.812. The average molecular weight is 256 g/mol. The Morgan fingerprint density at radius 2 is 1.44 bits per heavy atom. The Morgan fingerprint density at radius 1 is 0.889 bits per heavy atom. The van der Waals surface area contributed by atoms with Crippen molar-refractivity contribution in [2.45, 2.75) is 83.7 Å². The molecule has 2 heteroatoms. The third kappa shape index (κ3) is 7.38. The van der Waals surface area contributed by atoms with Gasteiger partial charge in [-0.2, -0.15) is 0 Å². The van der Waals surface area contributed by atoms with Gasteiger partial charge in [-0.05, 0) is 32.1 Å². The lowest BCUT2D eigenvalue weighted by Gasteiger charge is -2.20. The SMILES string of the molecule is CCOC1CCCCC1.OCCC1CCCCC1. The molecule has 2 aliphatic carbocycles. The molecule has 0 bridgehead atoms. The minimum absolute atomic E-state index is 0.394. The highest BCUT2D eigenvalue weighted by molar-refractivity contribution is 4.65. The van der Waals surface area contributed by atoms with Crippen LogP contribution >= 0.6 is 0 Å². The first-order valence-electron chi connectivity index (χ1n) is 8.09. The topological polar surface area (TPSA) is 29.5 Å². The lowest BCUT2D eigenvalue weighted by Crippen LogP contribution is -2.15. The largest absolute Gasteiger partial charge is 0.396 e. The summed E-state index contributed by atoms with van der Waals surface area (Å²) in [6, 6.07) is 0. The summed E-state index contributed by atoms with van der Waals surface area (Å²) in [6.45, 7) is 3.37. The molecule has 0 aromatic heterocycles. The molecule has 0 spiro atoms. The number of hydrogen-bond donors (Lipinski definition) is 1. The highest BCUT2D eigenvalue weighted by atomic mass is 16.5. The van der Waals surface area contributed by atoms with Crippen molar-refractivity contribution in [3.63, 3.8) is 0 Å². The van der Waals surface area contributed by atoms with E-state index in [1.807, 2.05) is 0 Å². The fourth-order valence-corrected chi connectivity index (χ4v) is 3.13. The zero-order valence-electron chi connectivity index (χ0n) is 12.2. The van der Waals surface area contributed by atoms with Gasteiger partial charge in [-0.1, -0.05) is 51.4 Å². The summed E-state index contributed by atoms with van der Waals surface area (Å²) >= 11 is 0. The second kappa shape index (κ2) is 10.8. The Balaban J connectivity index is 0.000000180. The Labute approximate surface area is 113 Å². The fraction of sp³-hybridized carbons (Fsp3) is 1.00. The number of ether oxygens (including phenoxy) is 1. The van der Waals surface area contributed by atoms with Gasteiger partial charge in [0.25, 0.3) is 0 Å². The summed E-state index contributed by atoms with van der Waals surface area (Å²) in [5, 5.41) is 8.62. The molecule has 2 rings (SSSR count). The summed E-state index contributed by atoms with van der Waals surface area (Å²) < 4.78 is 5.48. The number of aliphatic hydroxyl groups is 1. The molecule has 0 atom stereocenters. The van der Waals surface area contributed by atoms with Gasteiger partial charge < -0.3 is 9.84 Å². The molecule has 0 amide bonds. The van der Waals surface area contributed by atoms with E-state index in [0.29, 0.717) is 12.7 Å². The molecule has 1 N–H and O–H groups in total. The smallest absolute Gasteiger partial charge is 0.0575 e. The van der Waals surface area contributed by atoms with Crippen molar-refractivity contribution in [2.24, 2.45) is 5.92 Å². The third-order valence-corrected chi connectivity index (χ3v) is 4.22. The molecule has 0 radical (unpaired) electrons. The molecule has 2 nitrogen and oxygen atoms in total. The molecule has 0 aliphatic heterocycles. The molecular weight excluding hydrogens is 224 g/mol. The minimum Gasteiger partial charge on any atom is -0.396 e. The highest BCUT2D eigenvalue weighted by Gasteiger charge is 2.12. The van der Waals surface area contributed by atoms with Crippen molar-refractivity contribution in [2.75, 3.05) is 13.2 Å². The van der Waals surface area contributed by atoms with E-state index in [9.17, 15) is 0 Å². The molecule has 0 aromatic rings. The Kier molecular flexibility index (Phi) is 9.59. The van der Waals surface area contributed by atoms with Gasteiger partial charge in [0.1, 0.15) is 0 Å². The van der Waals surface area contributed by atoms with Gasteiger partial charge in [-0.25, -0.2) is 0 Å². The normalized spacial score (nSPS) is 22.3. The minimum atomic E-state index is 0.394. The van der Waals surface area contributed by atoms with E-state index in [-0.39, 0.29) is 0 Å². The maximum atomic E-state index is 8.62. The van der Waals surface area contributed by atoms with E-state index in [1.54, 1.807) is 0 Å². The number of hydrogen-bond acceptors (Lipinski definition) is 2. The highest BCUT2D eigenvalue weighted by Crippen LogP contribution is 2.25. The maximum absolute atomic E-state index is 8.62. The van der Waals surface area contributed by atoms with E-state index >= 15 is 0 Å². The molecule has 0 saturated heterocycles. The van der Waals surface area contributed by atoms with E-state index in [2.05, 4.69) is 6.92 Å². The van der Waals surface area contributed by atoms with Gasteiger partial charge in [-0.3, -0.25) is 0 Å². The molecule has 2 fully saturated rings. The van der Waals surface area contributed by atoms with E-state index in [0.717, 1.165) is 18.9 Å². The van der Waals surface area contributed by atoms with E-state index < -0.39 is 0 Å². The van der Waals surface area contributed by atoms with Crippen molar-refractivity contribution < 1.29 is 9.84 Å². The van der Waals surface area contributed by atoms with Crippen molar-refractivity contribution in [3.8, 4) is 0 Å². The molecule has 2 saturated carbocycles. The predicted molar refractivity (Wildman–Crippen MR) is 76.8 cm³/mol. The summed E-state index contributed by atoms with van der Waals surface area (Å²) in [7, 11) is 0. The van der Waals surface area contributed by atoms with Gasteiger partial charge in [0.2, 0.25) is 0 Å². The van der Waals surface area contributed by atoms with Crippen LogP contribution in [0.25, 0.3) is 0 Å². The van der Waals surface area contributed by atoms with Crippen molar-refractivity contribution >= 4 is 0 Å². The fourth-order valence-electron chi connectivity index (χ4n) is 3.13. The van der Waals surface area contributed by atoms with Crippen LogP contribution in [0.3, 0.4) is 0 Å². The van der Waals surface area contributed by atoms with Gasteiger partial charge >= 0.3 is 0 Å². The number of rotatable bonds is 4. The van der Waals surface area contributed by atoms with Crippen molar-refractivity contribution in [1.29, 1.82) is 0 Å². The monoisotopic (exact) mass is 256 g/mol. The first-order valence-corrected chi connectivity index (χ1v) is 8.09. The van der Waals surface area contributed by atoms with Gasteiger partial charge in [0.05, 0.1) is 6.10 Å². The van der Waals surface area contributed by atoms with Gasteiger partial charge in [-0.15, -0.1) is 0 Å². The van der Waals surface area contributed by atoms with Crippen molar-refractivity contribution in [3.05, 3.63) is 0 Å². The zero-order valence-corrected chi connectivity index (χ0v) is 12.2.